The van der Waals surface area contributed by atoms with E-state index in [4.69, 9.17) is 4.74 Å². The first kappa shape index (κ1) is 14.4. The fourth-order valence-electron chi connectivity index (χ4n) is 2.22. The molecule has 1 heterocycles. The van der Waals surface area contributed by atoms with E-state index in [2.05, 4.69) is 10.6 Å². The van der Waals surface area contributed by atoms with Crippen LogP contribution in [0.5, 0.6) is 0 Å². The number of likely N-dealkylation sites (N-methyl/N-ethyl adjacent to an activating group) is 1. The van der Waals surface area contributed by atoms with Gasteiger partial charge in [0.05, 0.1) is 24.1 Å². The van der Waals surface area contributed by atoms with Gasteiger partial charge in [-0.15, -0.1) is 0 Å². The summed E-state index contributed by atoms with van der Waals surface area (Å²) in [6.07, 6.45) is 0. The first-order valence-electron chi connectivity index (χ1n) is 6.34. The molecule has 0 spiro atoms. The number of nitro benzene ring substituents is 1. The molecule has 7 nitrogen and oxygen atoms in total. The summed E-state index contributed by atoms with van der Waals surface area (Å²) in [5.74, 6) is -0.395. The zero-order valence-electron chi connectivity index (χ0n) is 11.4. The molecule has 20 heavy (non-hydrogen) atoms. The molecule has 7 heteroatoms. The van der Waals surface area contributed by atoms with Gasteiger partial charge in [0, 0.05) is 23.9 Å². The van der Waals surface area contributed by atoms with Crippen molar-refractivity contribution in [1.82, 2.24) is 5.32 Å². The molecular weight excluding hydrogens is 262 g/mol. The van der Waals surface area contributed by atoms with Crippen LogP contribution in [0.1, 0.15) is 5.56 Å². The second-order valence-electron chi connectivity index (χ2n) is 4.78. The fourth-order valence-corrected chi connectivity index (χ4v) is 2.22. The molecule has 1 aliphatic rings. The van der Waals surface area contributed by atoms with Crippen molar-refractivity contribution in [3.05, 3.63) is 33.9 Å². The standard InChI is InChI=1S/C13H17N3O4/c1-8-5-9(16(18)19)3-4-11(8)15-13(17)10-6-20-7-12(10)14-2/h3-5,10,12,14H,6-7H2,1-2H3,(H,15,17). The van der Waals surface area contributed by atoms with Gasteiger partial charge < -0.3 is 15.4 Å². The van der Waals surface area contributed by atoms with Gasteiger partial charge in [0.1, 0.15) is 0 Å². The summed E-state index contributed by atoms with van der Waals surface area (Å²) in [6.45, 7) is 2.61. The Bertz CT molecular complexity index is 532. The Morgan fingerprint density at radius 1 is 1.45 bits per heavy atom. The quantitative estimate of drug-likeness (QED) is 0.635. The average molecular weight is 279 g/mol. The SMILES string of the molecule is CNC1COCC1C(=O)Nc1ccc([N+](=O)[O-])cc1C. The van der Waals surface area contributed by atoms with Crippen LogP contribution in [0.15, 0.2) is 18.2 Å². The lowest BCUT2D eigenvalue weighted by Crippen LogP contribution is -2.39. The Kier molecular flexibility index (Phi) is 4.31. The molecule has 0 saturated carbocycles. The maximum absolute atomic E-state index is 12.2. The van der Waals surface area contributed by atoms with Crippen molar-refractivity contribution in [2.24, 2.45) is 5.92 Å². The molecule has 2 N–H and O–H groups in total. The van der Waals surface area contributed by atoms with Gasteiger partial charge in [-0.05, 0) is 25.6 Å². The highest BCUT2D eigenvalue weighted by atomic mass is 16.6. The van der Waals surface area contributed by atoms with E-state index in [0.717, 1.165) is 0 Å². The van der Waals surface area contributed by atoms with E-state index in [-0.39, 0.29) is 23.6 Å². The number of hydrogen-bond acceptors (Lipinski definition) is 5. The van der Waals surface area contributed by atoms with Crippen LogP contribution in [0, 0.1) is 23.0 Å². The number of benzene rings is 1. The summed E-state index contributed by atoms with van der Waals surface area (Å²) in [7, 11) is 1.79. The molecular formula is C13H17N3O4. The smallest absolute Gasteiger partial charge is 0.269 e. The van der Waals surface area contributed by atoms with Crippen molar-refractivity contribution in [1.29, 1.82) is 0 Å². The number of ether oxygens (including phenoxy) is 1. The molecule has 2 atom stereocenters. The topological polar surface area (TPSA) is 93.5 Å². The van der Waals surface area contributed by atoms with Crippen molar-refractivity contribution in [3.63, 3.8) is 0 Å². The Balaban J connectivity index is 2.10. The summed E-state index contributed by atoms with van der Waals surface area (Å²) in [5.41, 5.74) is 1.26. The first-order chi connectivity index (χ1) is 9.52. The molecule has 0 bridgehead atoms. The second-order valence-corrected chi connectivity index (χ2v) is 4.78. The van der Waals surface area contributed by atoms with Gasteiger partial charge in [-0.1, -0.05) is 0 Å². The number of hydrogen-bond donors (Lipinski definition) is 2. The van der Waals surface area contributed by atoms with E-state index in [1.807, 2.05) is 0 Å². The van der Waals surface area contributed by atoms with Gasteiger partial charge in [0.15, 0.2) is 0 Å². The van der Waals surface area contributed by atoms with Gasteiger partial charge in [0.25, 0.3) is 5.69 Å². The molecule has 1 aromatic carbocycles. The molecule has 108 valence electrons. The van der Waals surface area contributed by atoms with Gasteiger partial charge in [-0.3, -0.25) is 14.9 Å². The molecule has 1 aromatic rings. The van der Waals surface area contributed by atoms with E-state index >= 15 is 0 Å². The summed E-state index contributed by atoms with van der Waals surface area (Å²) < 4.78 is 5.29. The monoisotopic (exact) mass is 279 g/mol. The predicted octanol–water partition coefficient (Wildman–Crippen LogP) is 1.08. The summed E-state index contributed by atoms with van der Waals surface area (Å²) in [6, 6.07) is 4.36. The number of amides is 1. The zero-order chi connectivity index (χ0) is 14.7. The van der Waals surface area contributed by atoms with Gasteiger partial charge >= 0.3 is 0 Å². The Morgan fingerprint density at radius 2 is 2.20 bits per heavy atom. The van der Waals surface area contributed by atoms with Gasteiger partial charge in [-0.25, -0.2) is 0 Å². The number of carbonyl (C=O) groups excluding carboxylic acids is 1. The van der Waals surface area contributed by atoms with Crippen LogP contribution in [0.2, 0.25) is 0 Å². The van der Waals surface area contributed by atoms with Crippen molar-refractivity contribution in [3.8, 4) is 0 Å². The molecule has 2 rings (SSSR count). The number of carbonyl (C=O) groups is 1. The highest BCUT2D eigenvalue weighted by Gasteiger charge is 2.33. The molecule has 1 amide bonds. The summed E-state index contributed by atoms with van der Waals surface area (Å²) >= 11 is 0. The van der Waals surface area contributed by atoms with E-state index in [9.17, 15) is 14.9 Å². The summed E-state index contributed by atoms with van der Waals surface area (Å²) in [4.78, 5) is 22.4. The zero-order valence-corrected chi connectivity index (χ0v) is 11.4. The highest BCUT2D eigenvalue weighted by molar-refractivity contribution is 5.94. The minimum Gasteiger partial charge on any atom is -0.379 e. The third-order valence-corrected chi connectivity index (χ3v) is 3.47. The maximum Gasteiger partial charge on any atom is 0.269 e. The fraction of sp³-hybridized carbons (Fsp3) is 0.462. The van der Waals surface area contributed by atoms with E-state index in [1.165, 1.54) is 12.1 Å². The molecule has 0 aromatic heterocycles. The van der Waals surface area contributed by atoms with Crippen molar-refractivity contribution in [2.45, 2.75) is 13.0 Å². The van der Waals surface area contributed by atoms with E-state index in [0.29, 0.717) is 24.5 Å². The number of nitrogens with zero attached hydrogens (tertiary/aromatic N) is 1. The number of nitrogens with one attached hydrogen (secondary N) is 2. The van der Waals surface area contributed by atoms with Crippen LogP contribution < -0.4 is 10.6 Å². The van der Waals surface area contributed by atoms with Crippen LogP contribution in [0.4, 0.5) is 11.4 Å². The molecule has 2 unspecified atom stereocenters. The second kappa shape index (κ2) is 5.98. The molecule has 1 saturated heterocycles. The lowest BCUT2D eigenvalue weighted by Gasteiger charge is -2.17. The minimum absolute atomic E-state index is 0.00615. The average Bonchev–Trinajstić information content (AvgIpc) is 2.89. The molecule has 0 aliphatic carbocycles. The van der Waals surface area contributed by atoms with E-state index in [1.54, 1.807) is 20.0 Å². The normalized spacial score (nSPS) is 21.7. The minimum atomic E-state index is -0.458. The van der Waals surface area contributed by atoms with Crippen molar-refractivity contribution < 1.29 is 14.5 Å². The first-order valence-corrected chi connectivity index (χ1v) is 6.34. The molecule has 1 fully saturated rings. The predicted molar refractivity (Wildman–Crippen MR) is 73.6 cm³/mol. The van der Waals surface area contributed by atoms with Crippen molar-refractivity contribution in [2.75, 3.05) is 25.6 Å². The summed E-state index contributed by atoms with van der Waals surface area (Å²) in [5, 5.41) is 16.5. The maximum atomic E-state index is 12.2. The largest absolute Gasteiger partial charge is 0.379 e. The number of rotatable bonds is 4. The van der Waals surface area contributed by atoms with Gasteiger partial charge in [0.2, 0.25) is 5.91 Å². The number of non-ortho nitro benzene ring substituents is 1. The lowest BCUT2D eigenvalue weighted by atomic mass is 10.0. The van der Waals surface area contributed by atoms with Gasteiger partial charge in [-0.2, -0.15) is 0 Å². The molecule has 0 radical (unpaired) electrons. The number of nitro groups is 1. The Labute approximate surface area is 116 Å². The van der Waals surface area contributed by atoms with E-state index < -0.39 is 4.92 Å². The molecule has 1 aliphatic heterocycles. The number of aryl methyl sites for hydroxylation is 1. The van der Waals surface area contributed by atoms with Crippen LogP contribution in [-0.2, 0) is 9.53 Å². The van der Waals surface area contributed by atoms with Crippen LogP contribution >= 0.6 is 0 Å². The third-order valence-electron chi connectivity index (χ3n) is 3.47. The van der Waals surface area contributed by atoms with Crippen LogP contribution in [-0.4, -0.2) is 37.1 Å². The Morgan fingerprint density at radius 3 is 2.80 bits per heavy atom. The van der Waals surface area contributed by atoms with Crippen molar-refractivity contribution >= 4 is 17.3 Å². The third kappa shape index (κ3) is 2.94. The Hall–Kier alpha value is -1.99. The van der Waals surface area contributed by atoms with Crippen LogP contribution in [0.25, 0.3) is 0 Å². The lowest BCUT2D eigenvalue weighted by molar-refractivity contribution is -0.384. The van der Waals surface area contributed by atoms with Crippen LogP contribution in [0.3, 0.4) is 0 Å². The highest BCUT2D eigenvalue weighted by Crippen LogP contribution is 2.23. The number of anilines is 1.